The predicted molar refractivity (Wildman–Crippen MR) is 88.4 cm³/mol. The first-order valence-electron chi connectivity index (χ1n) is 7.72. The van der Waals surface area contributed by atoms with Crippen LogP contribution in [0.25, 0.3) is 10.9 Å². The topological polar surface area (TPSA) is 78.1 Å². The minimum absolute atomic E-state index is 0.0916. The molecule has 1 aliphatic rings. The number of nitrogens with zero attached hydrogens (tertiary/aromatic N) is 2. The molecule has 1 atom stereocenters. The van der Waals surface area contributed by atoms with Crippen molar-refractivity contribution in [2.75, 3.05) is 19.6 Å². The summed E-state index contributed by atoms with van der Waals surface area (Å²) in [6.45, 7) is 3.63. The van der Waals surface area contributed by atoms with E-state index in [0.717, 1.165) is 24.9 Å². The van der Waals surface area contributed by atoms with Gasteiger partial charge >= 0.3 is 0 Å². The molecule has 1 saturated heterocycles. The number of benzene rings is 1. The Bertz CT molecular complexity index is 743. The lowest BCUT2D eigenvalue weighted by molar-refractivity contribution is -0.130. The number of hydrogen-bond donors (Lipinski definition) is 2. The number of rotatable bonds is 3. The van der Waals surface area contributed by atoms with Crippen LogP contribution in [-0.2, 0) is 4.79 Å². The van der Waals surface area contributed by atoms with Crippen molar-refractivity contribution in [2.45, 2.75) is 19.8 Å². The van der Waals surface area contributed by atoms with Gasteiger partial charge in [0, 0.05) is 37.0 Å². The Kier molecular flexibility index (Phi) is 4.52. The summed E-state index contributed by atoms with van der Waals surface area (Å²) in [7, 11) is 0. The van der Waals surface area contributed by atoms with Gasteiger partial charge in [0.25, 0.3) is 5.91 Å². The third-order valence-electron chi connectivity index (χ3n) is 4.26. The molecule has 0 radical (unpaired) electrons. The molecule has 1 aliphatic heterocycles. The summed E-state index contributed by atoms with van der Waals surface area (Å²) >= 11 is 5.99. The normalized spacial score (nSPS) is 18.2. The van der Waals surface area contributed by atoms with Crippen LogP contribution in [-0.4, -0.2) is 46.5 Å². The summed E-state index contributed by atoms with van der Waals surface area (Å²) in [4.78, 5) is 25.7. The SMILES string of the molecule is CC(=O)N1CCCC(CNC(=O)c2n[nH]c3ccc(Cl)cc23)C1. The fourth-order valence-corrected chi connectivity index (χ4v) is 3.17. The molecule has 1 unspecified atom stereocenters. The highest BCUT2D eigenvalue weighted by Crippen LogP contribution is 2.21. The molecule has 1 aromatic heterocycles. The van der Waals surface area contributed by atoms with E-state index in [4.69, 9.17) is 11.6 Å². The number of aromatic amines is 1. The van der Waals surface area contributed by atoms with Crippen LogP contribution in [0.1, 0.15) is 30.3 Å². The van der Waals surface area contributed by atoms with Crippen LogP contribution in [0.2, 0.25) is 5.02 Å². The molecule has 1 fully saturated rings. The Morgan fingerprint density at radius 1 is 1.48 bits per heavy atom. The molecule has 122 valence electrons. The summed E-state index contributed by atoms with van der Waals surface area (Å²) in [5.41, 5.74) is 1.13. The monoisotopic (exact) mass is 334 g/mol. The third kappa shape index (κ3) is 3.47. The molecular formula is C16H19ClN4O2. The number of carbonyl (C=O) groups excluding carboxylic acids is 2. The van der Waals surface area contributed by atoms with E-state index < -0.39 is 0 Å². The average molecular weight is 335 g/mol. The number of fused-ring (bicyclic) bond motifs is 1. The van der Waals surface area contributed by atoms with E-state index in [1.807, 2.05) is 4.90 Å². The van der Waals surface area contributed by atoms with E-state index in [1.165, 1.54) is 0 Å². The maximum Gasteiger partial charge on any atom is 0.272 e. The van der Waals surface area contributed by atoms with Gasteiger partial charge in [-0.15, -0.1) is 0 Å². The summed E-state index contributed by atoms with van der Waals surface area (Å²) < 4.78 is 0. The van der Waals surface area contributed by atoms with Gasteiger partial charge in [-0.05, 0) is 37.0 Å². The minimum atomic E-state index is -0.224. The Balaban J connectivity index is 1.64. The van der Waals surface area contributed by atoms with Gasteiger partial charge in [0.2, 0.25) is 5.91 Å². The molecule has 6 nitrogen and oxygen atoms in total. The van der Waals surface area contributed by atoms with Crippen LogP contribution in [0.5, 0.6) is 0 Å². The molecule has 23 heavy (non-hydrogen) atoms. The largest absolute Gasteiger partial charge is 0.350 e. The van der Waals surface area contributed by atoms with Crippen LogP contribution >= 0.6 is 11.6 Å². The van der Waals surface area contributed by atoms with Crippen molar-refractivity contribution in [1.29, 1.82) is 0 Å². The number of piperidine rings is 1. The Morgan fingerprint density at radius 2 is 2.30 bits per heavy atom. The smallest absolute Gasteiger partial charge is 0.272 e. The number of likely N-dealkylation sites (tertiary alicyclic amines) is 1. The van der Waals surface area contributed by atoms with Crippen LogP contribution in [0.15, 0.2) is 18.2 Å². The number of H-pyrrole nitrogens is 1. The summed E-state index contributed by atoms with van der Waals surface area (Å²) in [5, 5.41) is 11.1. The Morgan fingerprint density at radius 3 is 3.09 bits per heavy atom. The first-order valence-corrected chi connectivity index (χ1v) is 8.09. The number of nitrogens with one attached hydrogen (secondary N) is 2. The highest BCUT2D eigenvalue weighted by atomic mass is 35.5. The van der Waals surface area contributed by atoms with Crippen molar-refractivity contribution < 1.29 is 9.59 Å². The second-order valence-corrected chi connectivity index (χ2v) is 6.38. The van der Waals surface area contributed by atoms with E-state index in [2.05, 4.69) is 15.5 Å². The maximum absolute atomic E-state index is 12.4. The van der Waals surface area contributed by atoms with Gasteiger partial charge in [-0.2, -0.15) is 5.10 Å². The fourth-order valence-electron chi connectivity index (χ4n) is 3.00. The summed E-state index contributed by atoms with van der Waals surface area (Å²) in [6, 6.07) is 5.28. The summed E-state index contributed by atoms with van der Waals surface area (Å²) in [6.07, 6.45) is 1.98. The molecule has 3 rings (SSSR count). The minimum Gasteiger partial charge on any atom is -0.350 e. The van der Waals surface area contributed by atoms with Gasteiger partial charge in [-0.25, -0.2) is 0 Å². The average Bonchev–Trinajstić information content (AvgIpc) is 2.96. The van der Waals surface area contributed by atoms with Crippen molar-refractivity contribution in [3.8, 4) is 0 Å². The van der Waals surface area contributed by atoms with Gasteiger partial charge < -0.3 is 10.2 Å². The van der Waals surface area contributed by atoms with Crippen LogP contribution in [0.4, 0.5) is 0 Å². The van der Waals surface area contributed by atoms with Gasteiger partial charge in [-0.3, -0.25) is 14.7 Å². The first-order chi connectivity index (χ1) is 11.0. The molecule has 0 aliphatic carbocycles. The van der Waals surface area contributed by atoms with Gasteiger partial charge in [0.05, 0.1) is 5.52 Å². The third-order valence-corrected chi connectivity index (χ3v) is 4.49. The van der Waals surface area contributed by atoms with Crippen molar-refractivity contribution in [1.82, 2.24) is 20.4 Å². The number of carbonyl (C=O) groups is 2. The van der Waals surface area contributed by atoms with Gasteiger partial charge in [0.15, 0.2) is 5.69 Å². The molecule has 2 aromatic rings. The molecule has 2 N–H and O–H groups in total. The van der Waals surface area contributed by atoms with E-state index in [1.54, 1.807) is 25.1 Å². The molecule has 2 amide bonds. The zero-order valence-corrected chi connectivity index (χ0v) is 13.7. The lowest BCUT2D eigenvalue weighted by atomic mass is 9.98. The lowest BCUT2D eigenvalue weighted by Gasteiger charge is -2.32. The number of amides is 2. The quantitative estimate of drug-likeness (QED) is 0.903. The van der Waals surface area contributed by atoms with E-state index >= 15 is 0 Å². The lowest BCUT2D eigenvalue weighted by Crippen LogP contribution is -2.42. The Labute approximate surface area is 139 Å². The second kappa shape index (κ2) is 6.58. The first kappa shape index (κ1) is 15.8. The Hall–Kier alpha value is -2.08. The van der Waals surface area contributed by atoms with E-state index in [-0.39, 0.29) is 17.7 Å². The highest BCUT2D eigenvalue weighted by Gasteiger charge is 2.23. The second-order valence-electron chi connectivity index (χ2n) is 5.95. The van der Waals surface area contributed by atoms with Crippen molar-refractivity contribution in [3.05, 3.63) is 28.9 Å². The number of halogens is 1. The predicted octanol–water partition coefficient (Wildman–Crippen LogP) is 2.20. The zero-order chi connectivity index (χ0) is 16.4. The van der Waals surface area contributed by atoms with Crippen LogP contribution < -0.4 is 5.32 Å². The number of hydrogen-bond acceptors (Lipinski definition) is 3. The molecule has 0 bridgehead atoms. The van der Waals surface area contributed by atoms with Crippen molar-refractivity contribution in [3.63, 3.8) is 0 Å². The van der Waals surface area contributed by atoms with E-state index in [9.17, 15) is 9.59 Å². The van der Waals surface area contributed by atoms with Crippen molar-refractivity contribution in [2.24, 2.45) is 5.92 Å². The molecular weight excluding hydrogens is 316 g/mol. The molecule has 7 heteroatoms. The summed E-state index contributed by atoms with van der Waals surface area (Å²) in [5.74, 6) is 0.151. The van der Waals surface area contributed by atoms with Crippen LogP contribution in [0, 0.1) is 5.92 Å². The van der Waals surface area contributed by atoms with Gasteiger partial charge in [0.1, 0.15) is 0 Å². The van der Waals surface area contributed by atoms with Gasteiger partial charge in [-0.1, -0.05) is 11.6 Å². The zero-order valence-electron chi connectivity index (χ0n) is 12.9. The highest BCUT2D eigenvalue weighted by molar-refractivity contribution is 6.31. The molecule has 0 saturated carbocycles. The standard InChI is InChI=1S/C16H19ClN4O2/c1-10(22)21-6-2-3-11(9-21)8-18-16(23)15-13-7-12(17)4-5-14(13)19-20-15/h4-5,7,11H,2-3,6,8-9H2,1H3,(H,18,23)(H,19,20). The fraction of sp³-hybridized carbons (Fsp3) is 0.438. The molecule has 1 aromatic carbocycles. The van der Waals surface area contributed by atoms with Crippen LogP contribution in [0.3, 0.4) is 0 Å². The number of aromatic nitrogens is 2. The van der Waals surface area contributed by atoms with E-state index in [0.29, 0.717) is 29.2 Å². The molecule has 2 heterocycles. The molecule has 0 spiro atoms. The maximum atomic E-state index is 12.4. The van der Waals surface area contributed by atoms with Crippen molar-refractivity contribution >= 4 is 34.3 Å².